The molecule has 1 aliphatic carbocycles. The monoisotopic (exact) mass is 700 g/mol. The summed E-state index contributed by atoms with van der Waals surface area (Å²) in [6, 6.07) is 9.79. The molecule has 45 heavy (non-hydrogen) atoms. The normalized spacial score (nSPS) is 17.7. The van der Waals surface area contributed by atoms with Crippen LogP contribution in [0, 0.1) is 5.92 Å². The van der Waals surface area contributed by atoms with E-state index in [1.807, 2.05) is 0 Å². The van der Waals surface area contributed by atoms with Gasteiger partial charge in [-0.3, -0.25) is 9.78 Å². The van der Waals surface area contributed by atoms with Crippen LogP contribution in [0.4, 0.5) is 8.78 Å². The first kappa shape index (κ1) is 33.4. The zero-order chi connectivity index (χ0) is 32.3. The van der Waals surface area contributed by atoms with Gasteiger partial charge in [-0.1, -0.05) is 41.4 Å². The van der Waals surface area contributed by atoms with Crippen LogP contribution in [0.1, 0.15) is 47.4 Å². The summed E-state index contributed by atoms with van der Waals surface area (Å²) in [5.41, 5.74) is 0.975. The van der Waals surface area contributed by atoms with Gasteiger partial charge in [0.1, 0.15) is 6.10 Å². The second-order valence-electron chi connectivity index (χ2n) is 10.5. The highest BCUT2D eigenvalue weighted by atomic mass is 35.5. The predicted molar refractivity (Wildman–Crippen MR) is 165 cm³/mol. The molecule has 1 aliphatic heterocycles. The number of carbonyl (C=O) groups is 2. The van der Waals surface area contributed by atoms with Gasteiger partial charge < -0.3 is 14.2 Å². The first-order valence-corrected chi connectivity index (χ1v) is 17.1. The largest absolute Gasteiger partial charge is 0.489 e. The molecule has 0 N–H and O–H groups in total. The Kier molecular flexibility index (Phi) is 10.5. The molecule has 5 rings (SSSR count). The third-order valence-electron chi connectivity index (χ3n) is 7.23. The number of benzene rings is 2. The number of rotatable bonds is 13. The highest BCUT2D eigenvalue weighted by Crippen LogP contribution is 2.39. The third-order valence-corrected chi connectivity index (χ3v) is 11.1. The number of esters is 1. The van der Waals surface area contributed by atoms with Crippen LogP contribution in [-0.4, -0.2) is 60.3 Å². The Labute approximate surface area is 273 Å². The van der Waals surface area contributed by atoms with Crippen LogP contribution in [0.15, 0.2) is 59.8 Å². The molecule has 2 aromatic carbocycles. The van der Waals surface area contributed by atoms with E-state index in [1.54, 1.807) is 0 Å². The highest BCUT2D eigenvalue weighted by molar-refractivity contribution is 8.02. The molecule has 3 aromatic rings. The van der Waals surface area contributed by atoms with Gasteiger partial charge in [0.15, 0.2) is 22.7 Å². The Morgan fingerprint density at radius 3 is 2.49 bits per heavy atom. The SMILES string of the molecule is CC(=O)c1cccc(S(=O)(=O)N2CCSC2C(=O)OC(Cc2c(Cl)cncc2Cl)c2ccc(OC(F)F)c(OCC3CC3)c2)c1. The van der Waals surface area contributed by atoms with E-state index < -0.39 is 34.1 Å². The van der Waals surface area contributed by atoms with Crippen molar-refractivity contribution < 1.29 is 41.0 Å². The van der Waals surface area contributed by atoms with E-state index in [9.17, 15) is 26.8 Å². The molecule has 0 radical (unpaired) electrons. The van der Waals surface area contributed by atoms with Crippen molar-refractivity contribution in [2.75, 3.05) is 18.9 Å². The van der Waals surface area contributed by atoms with Crippen LogP contribution >= 0.6 is 35.0 Å². The lowest BCUT2D eigenvalue weighted by Gasteiger charge is -2.26. The molecule has 1 aromatic heterocycles. The molecule has 15 heteroatoms. The van der Waals surface area contributed by atoms with E-state index in [4.69, 9.17) is 32.7 Å². The molecule has 2 aliphatic rings. The van der Waals surface area contributed by atoms with Crippen molar-refractivity contribution in [1.29, 1.82) is 0 Å². The van der Waals surface area contributed by atoms with Gasteiger partial charge in [0.2, 0.25) is 10.0 Å². The molecule has 2 heterocycles. The Bertz CT molecular complexity index is 1670. The number of hydrogen-bond acceptors (Lipinski definition) is 9. The van der Waals surface area contributed by atoms with Crippen molar-refractivity contribution in [3.63, 3.8) is 0 Å². The predicted octanol–water partition coefficient (Wildman–Crippen LogP) is 6.57. The summed E-state index contributed by atoms with van der Waals surface area (Å²) in [7, 11) is -4.19. The number of aromatic nitrogens is 1. The minimum absolute atomic E-state index is 0.0303. The molecule has 0 spiro atoms. The van der Waals surface area contributed by atoms with Crippen molar-refractivity contribution in [3.05, 3.63) is 81.6 Å². The lowest BCUT2D eigenvalue weighted by Crippen LogP contribution is -2.40. The Balaban J connectivity index is 1.46. The van der Waals surface area contributed by atoms with E-state index in [1.165, 1.54) is 61.8 Å². The first-order valence-electron chi connectivity index (χ1n) is 13.9. The van der Waals surface area contributed by atoms with E-state index in [2.05, 4.69) is 9.72 Å². The van der Waals surface area contributed by atoms with Crippen molar-refractivity contribution in [2.24, 2.45) is 5.92 Å². The Hall–Kier alpha value is -2.97. The average molecular weight is 702 g/mol. The number of ether oxygens (including phenoxy) is 3. The molecule has 2 atom stereocenters. The van der Waals surface area contributed by atoms with Gasteiger partial charge in [0.25, 0.3) is 0 Å². The number of thioether (sulfide) groups is 1. The number of Topliss-reactive ketones (excluding diaryl/α,β-unsaturated/α-hetero) is 1. The van der Waals surface area contributed by atoms with Crippen LogP contribution in [0.25, 0.3) is 0 Å². The summed E-state index contributed by atoms with van der Waals surface area (Å²) >= 11 is 13.9. The number of ketones is 1. The maximum absolute atomic E-state index is 13.7. The van der Waals surface area contributed by atoms with Crippen molar-refractivity contribution in [1.82, 2.24) is 9.29 Å². The van der Waals surface area contributed by atoms with E-state index in [-0.39, 0.29) is 50.8 Å². The second-order valence-corrected chi connectivity index (χ2v) is 14.4. The number of sulfonamides is 1. The van der Waals surface area contributed by atoms with Crippen LogP contribution in [0.5, 0.6) is 11.5 Å². The van der Waals surface area contributed by atoms with Gasteiger partial charge in [0, 0.05) is 36.7 Å². The molecular formula is C30H28Cl2F2N2O7S2. The molecule has 240 valence electrons. The standard InChI is InChI=1S/C30H28Cl2F2N2O7S2/c1-17(37)19-3-2-4-21(11-19)45(39,40)36-9-10-44-28(36)29(38)42-26(13-22-23(31)14-35-15-24(22)32)20-7-8-25(43-30(33)34)27(12-20)41-16-18-5-6-18/h2-4,7-8,11-12,14-15,18,26,28,30H,5-6,9-10,13,16H2,1H3. The highest BCUT2D eigenvalue weighted by Gasteiger charge is 2.42. The van der Waals surface area contributed by atoms with Gasteiger partial charge in [-0.25, -0.2) is 13.2 Å². The number of carbonyl (C=O) groups excluding carboxylic acids is 2. The van der Waals surface area contributed by atoms with Gasteiger partial charge in [0.05, 0.1) is 21.5 Å². The number of nitrogens with zero attached hydrogens (tertiary/aromatic N) is 2. The van der Waals surface area contributed by atoms with E-state index >= 15 is 0 Å². The third kappa shape index (κ3) is 8.07. The molecule has 1 saturated carbocycles. The quantitative estimate of drug-likeness (QED) is 0.144. The first-order chi connectivity index (χ1) is 21.4. The Morgan fingerprint density at radius 2 is 1.82 bits per heavy atom. The summed E-state index contributed by atoms with van der Waals surface area (Å²) in [6.45, 7) is -1.44. The molecule has 0 bridgehead atoms. The summed E-state index contributed by atoms with van der Waals surface area (Å²) in [5, 5.41) is -0.832. The summed E-state index contributed by atoms with van der Waals surface area (Å²) in [6.07, 6.45) is 3.53. The number of pyridine rings is 1. The maximum Gasteiger partial charge on any atom is 0.387 e. The lowest BCUT2D eigenvalue weighted by atomic mass is 10.0. The molecule has 0 amide bonds. The van der Waals surface area contributed by atoms with Crippen LogP contribution in [0.3, 0.4) is 0 Å². The fraction of sp³-hybridized carbons (Fsp3) is 0.367. The number of halogens is 4. The van der Waals surface area contributed by atoms with Gasteiger partial charge in [-0.2, -0.15) is 13.1 Å². The van der Waals surface area contributed by atoms with Gasteiger partial charge >= 0.3 is 12.6 Å². The lowest BCUT2D eigenvalue weighted by molar-refractivity contribution is -0.150. The van der Waals surface area contributed by atoms with E-state index in [0.717, 1.165) is 28.9 Å². The van der Waals surface area contributed by atoms with Crippen molar-refractivity contribution in [2.45, 2.75) is 49.2 Å². The molecule has 9 nitrogen and oxygen atoms in total. The minimum atomic E-state index is -4.19. The fourth-order valence-corrected chi connectivity index (χ4v) is 8.28. The van der Waals surface area contributed by atoms with Crippen molar-refractivity contribution in [3.8, 4) is 11.5 Å². The second kappa shape index (κ2) is 14.2. The average Bonchev–Trinajstić information content (AvgIpc) is 3.69. The van der Waals surface area contributed by atoms with Gasteiger partial charge in [-0.15, -0.1) is 11.8 Å². The zero-order valence-corrected chi connectivity index (χ0v) is 27.0. The zero-order valence-electron chi connectivity index (χ0n) is 23.8. The smallest absolute Gasteiger partial charge is 0.387 e. The molecule has 2 fully saturated rings. The van der Waals surface area contributed by atoms with Gasteiger partial charge in [-0.05, 0) is 61.1 Å². The van der Waals surface area contributed by atoms with Crippen LogP contribution in [-0.2, 0) is 26.0 Å². The molecular weight excluding hydrogens is 673 g/mol. The topological polar surface area (TPSA) is 112 Å². The summed E-state index contributed by atoms with van der Waals surface area (Å²) < 4.78 is 71.0. The van der Waals surface area contributed by atoms with E-state index in [0.29, 0.717) is 29.4 Å². The summed E-state index contributed by atoms with van der Waals surface area (Å²) in [4.78, 5) is 29.4. The van der Waals surface area contributed by atoms with Crippen LogP contribution in [0.2, 0.25) is 10.0 Å². The fourth-order valence-electron chi connectivity index (χ4n) is 4.67. The summed E-state index contributed by atoms with van der Waals surface area (Å²) in [5.74, 6) is -0.687. The number of hydrogen-bond donors (Lipinski definition) is 0. The molecule has 2 unspecified atom stereocenters. The minimum Gasteiger partial charge on any atom is -0.489 e. The maximum atomic E-state index is 13.7. The van der Waals surface area contributed by atoms with Crippen LogP contribution < -0.4 is 9.47 Å². The molecule has 1 saturated heterocycles. The number of alkyl halides is 2. The Morgan fingerprint density at radius 1 is 1.09 bits per heavy atom. The van der Waals surface area contributed by atoms with Crippen molar-refractivity contribution >= 4 is 56.7 Å².